The maximum atomic E-state index is 14.9. The topological polar surface area (TPSA) is 27.0 Å². The van der Waals surface area contributed by atoms with E-state index in [2.05, 4.69) is 60.7 Å². The SMILES string of the molecule is CCN1c2cc(F)c(/C=C(\C#N)c3ccc(Br)cc3)cc2C(C)=CC1(C)C. The van der Waals surface area contributed by atoms with Crippen LogP contribution in [-0.2, 0) is 0 Å². The second kappa shape index (κ2) is 7.32. The Morgan fingerprint density at radius 3 is 2.52 bits per heavy atom. The molecule has 3 rings (SSSR count). The van der Waals surface area contributed by atoms with Gasteiger partial charge in [-0.25, -0.2) is 4.39 Å². The fourth-order valence-electron chi connectivity index (χ4n) is 3.77. The third-order valence-electron chi connectivity index (χ3n) is 4.99. The van der Waals surface area contributed by atoms with Gasteiger partial charge < -0.3 is 4.90 Å². The van der Waals surface area contributed by atoms with Crippen LogP contribution >= 0.6 is 15.9 Å². The summed E-state index contributed by atoms with van der Waals surface area (Å²) in [6, 6.07) is 13.1. The maximum Gasteiger partial charge on any atom is 0.132 e. The molecule has 0 atom stereocenters. The van der Waals surface area contributed by atoms with Crippen molar-refractivity contribution in [3.05, 3.63) is 69.5 Å². The van der Waals surface area contributed by atoms with E-state index in [1.807, 2.05) is 30.3 Å². The summed E-state index contributed by atoms with van der Waals surface area (Å²) in [6.45, 7) is 9.19. The lowest BCUT2D eigenvalue weighted by Gasteiger charge is -2.42. The lowest BCUT2D eigenvalue weighted by atomic mass is 9.87. The monoisotopic (exact) mass is 424 g/mol. The van der Waals surface area contributed by atoms with Crippen molar-refractivity contribution in [3.8, 4) is 6.07 Å². The smallest absolute Gasteiger partial charge is 0.132 e. The van der Waals surface area contributed by atoms with Gasteiger partial charge in [-0.1, -0.05) is 34.1 Å². The van der Waals surface area contributed by atoms with Crippen molar-refractivity contribution in [2.45, 2.75) is 33.2 Å². The molecule has 2 nitrogen and oxygen atoms in total. The van der Waals surface area contributed by atoms with Crippen molar-refractivity contribution in [1.82, 2.24) is 0 Å². The van der Waals surface area contributed by atoms with E-state index in [0.29, 0.717) is 11.1 Å². The minimum absolute atomic E-state index is 0.162. The highest BCUT2D eigenvalue weighted by atomic mass is 79.9. The molecule has 0 N–H and O–H groups in total. The summed E-state index contributed by atoms with van der Waals surface area (Å²) in [4.78, 5) is 2.20. The number of allylic oxidation sites excluding steroid dienone is 2. The van der Waals surface area contributed by atoms with Gasteiger partial charge in [-0.15, -0.1) is 0 Å². The Morgan fingerprint density at radius 2 is 1.93 bits per heavy atom. The van der Waals surface area contributed by atoms with Gasteiger partial charge in [0, 0.05) is 27.8 Å². The van der Waals surface area contributed by atoms with E-state index in [1.54, 1.807) is 12.1 Å². The molecule has 2 aromatic rings. The second-order valence-corrected chi connectivity index (χ2v) is 8.21. The first kappa shape index (κ1) is 19.4. The molecular weight excluding hydrogens is 403 g/mol. The Labute approximate surface area is 168 Å². The molecule has 2 aromatic carbocycles. The molecule has 138 valence electrons. The predicted octanol–water partition coefficient (Wildman–Crippen LogP) is 6.67. The van der Waals surface area contributed by atoms with Gasteiger partial charge in [-0.3, -0.25) is 0 Å². The van der Waals surface area contributed by atoms with Gasteiger partial charge in [0.15, 0.2) is 0 Å². The van der Waals surface area contributed by atoms with Gasteiger partial charge in [0.25, 0.3) is 0 Å². The van der Waals surface area contributed by atoms with Crippen molar-refractivity contribution in [2.24, 2.45) is 0 Å². The Balaban J connectivity index is 2.13. The zero-order chi connectivity index (χ0) is 19.8. The molecule has 0 saturated heterocycles. The normalized spacial score (nSPS) is 15.8. The third kappa shape index (κ3) is 3.70. The van der Waals surface area contributed by atoms with E-state index < -0.39 is 0 Å². The first-order valence-corrected chi connectivity index (χ1v) is 9.75. The number of hydrogen-bond donors (Lipinski definition) is 0. The molecule has 0 radical (unpaired) electrons. The molecular formula is C23H22BrFN2. The van der Waals surface area contributed by atoms with Gasteiger partial charge in [-0.05, 0) is 69.2 Å². The summed E-state index contributed by atoms with van der Waals surface area (Å²) in [7, 11) is 0. The van der Waals surface area contributed by atoms with Gasteiger partial charge in [0.1, 0.15) is 5.82 Å². The predicted molar refractivity (Wildman–Crippen MR) is 115 cm³/mol. The molecule has 0 bridgehead atoms. The van der Waals surface area contributed by atoms with E-state index in [1.165, 1.54) is 0 Å². The first-order chi connectivity index (χ1) is 12.8. The van der Waals surface area contributed by atoms with Gasteiger partial charge in [0.05, 0.1) is 17.2 Å². The summed E-state index contributed by atoms with van der Waals surface area (Å²) in [6.07, 6.45) is 3.84. The fourth-order valence-corrected chi connectivity index (χ4v) is 4.03. The van der Waals surface area contributed by atoms with Crippen LogP contribution in [0.1, 0.15) is 44.4 Å². The summed E-state index contributed by atoms with van der Waals surface area (Å²) >= 11 is 3.39. The Kier molecular flexibility index (Phi) is 5.26. The number of hydrogen-bond acceptors (Lipinski definition) is 2. The molecule has 0 aliphatic carbocycles. The van der Waals surface area contributed by atoms with Crippen molar-refractivity contribution < 1.29 is 4.39 Å². The number of anilines is 1. The van der Waals surface area contributed by atoms with E-state index in [9.17, 15) is 9.65 Å². The van der Waals surface area contributed by atoms with Crippen molar-refractivity contribution in [1.29, 1.82) is 5.26 Å². The Morgan fingerprint density at radius 1 is 1.26 bits per heavy atom. The van der Waals surface area contributed by atoms with Crippen LogP contribution in [0, 0.1) is 17.1 Å². The second-order valence-electron chi connectivity index (χ2n) is 7.29. The molecule has 0 aromatic heterocycles. The van der Waals surface area contributed by atoms with Gasteiger partial charge >= 0.3 is 0 Å². The van der Waals surface area contributed by atoms with Crippen LogP contribution in [0.15, 0.2) is 46.9 Å². The molecule has 0 saturated carbocycles. The number of halogens is 2. The molecule has 27 heavy (non-hydrogen) atoms. The highest BCUT2D eigenvalue weighted by Gasteiger charge is 2.30. The van der Waals surface area contributed by atoms with E-state index in [-0.39, 0.29) is 11.4 Å². The zero-order valence-electron chi connectivity index (χ0n) is 16.0. The Hall–Kier alpha value is -2.38. The first-order valence-electron chi connectivity index (χ1n) is 8.95. The number of nitriles is 1. The lowest BCUT2D eigenvalue weighted by molar-refractivity contribution is 0.561. The van der Waals surface area contributed by atoms with E-state index >= 15 is 0 Å². The maximum absolute atomic E-state index is 14.9. The van der Waals surface area contributed by atoms with Crippen molar-refractivity contribution >= 4 is 38.8 Å². The zero-order valence-corrected chi connectivity index (χ0v) is 17.6. The van der Waals surface area contributed by atoms with Crippen LogP contribution in [0.4, 0.5) is 10.1 Å². The number of fused-ring (bicyclic) bond motifs is 1. The summed E-state index contributed by atoms with van der Waals surface area (Å²) in [5.41, 5.74) is 4.50. The van der Waals surface area contributed by atoms with Crippen LogP contribution in [0.2, 0.25) is 0 Å². The van der Waals surface area contributed by atoms with E-state index in [0.717, 1.165) is 33.4 Å². The Bertz CT molecular complexity index is 979. The van der Waals surface area contributed by atoms with Gasteiger partial charge in [-0.2, -0.15) is 5.26 Å². The quantitative estimate of drug-likeness (QED) is 0.406. The highest BCUT2D eigenvalue weighted by Crippen LogP contribution is 2.40. The lowest BCUT2D eigenvalue weighted by Crippen LogP contribution is -2.45. The van der Waals surface area contributed by atoms with Crippen LogP contribution in [0.5, 0.6) is 0 Å². The van der Waals surface area contributed by atoms with Crippen LogP contribution in [-0.4, -0.2) is 12.1 Å². The highest BCUT2D eigenvalue weighted by molar-refractivity contribution is 9.10. The number of rotatable bonds is 3. The average Bonchev–Trinajstić information content (AvgIpc) is 2.61. The standard InChI is InChI=1S/C23H22BrFN2/c1-5-27-22-12-21(25)17(11-20(22)15(2)13-23(27,3)4)10-18(14-26)16-6-8-19(24)9-7-16/h6-13H,5H2,1-4H3/b18-10+. The minimum Gasteiger partial charge on any atom is -0.363 e. The summed E-state index contributed by atoms with van der Waals surface area (Å²) in [5.74, 6) is -0.317. The molecule has 1 aliphatic heterocycles. The van der Waals surface area contributed by atoms with Crippen molar-refractivity contribution in [2.75, 3.05) is 11.4 Å². The number of benzene rings is 2. The fraction of sp³-hybridized carbons (Fsp3) is 0.261. The third-order valence-corrected chi connectivity index (χ3v) is 5.52. The number of nitrogens with zero attached hydrogens (tertiary/aromatic N) is 2. The summed E-state index contributed by atoms with van der Waals surface area (Å²) in [5, 5.41) is 9.57. The summed E-state index contributed by atoms with van der Waals surface area (Å²) < 4.78 is 15.9. The van der Waals surface area contributed by atoms with Crippen LogP contribution < -0.4 is 4.90 Å². The molecule has 4 heteroatoms. The van der Waals surface area contributed by atoms with E-state index in [4.69, 9.17) is 0 Å². The molecule has 0 fully saturated rings. The molecule has 0 unspecified atom stereocenters. The molecule has 0 amide bonds. The molecule has 1 heterocycles. The van der Waals surface area contributed by atoms with Gasteiger partial charge in [0.2, 0.25) is 0 Å². The van der Waals surface area contributed by atoms with Crippen molar-refractivity contribution in [3.63, 3.8) is 0 Å². The average molecular weight is 425 g/mol. The molecule has 1 aliphatic rings. The largest absolute Gasteiger partial charge is 0.363 e. The number of likely N-dealkylation sites (N-methyl/N-ethyl adjacent to an activating group) is 1. The van der Waals surface area contributed by atoms with Crippen LogP contribution in [0.3, 0.4) is 0 Å². The van der Waals surface area contributed by atoms with Crippen LogP contribution in [0.25, 0.3) is 17.2 Å². The minimum atomic E-state index is -0.317. The molecule has 0 spiro atoms.